The van der Waals surface area contributed by atoms with E-state index in [0.29, 0.717) is 29.3 Å². The lowest BCUT2D eigenvalue weighted by atomic mass is 9.78. The Hall–Kier alpha value is -4.52. The summed E-state index contributed by atoms with van der Waals surface area (Å²) in [5.41, 5.74) is 3.73. The molecule has 0 fully saturated rings. The molecule has 1 aliphatic carbocycles. The van der Waals surface area contributed by atoms with Crippen LogP contribution >= 0.6 is 0 Å². The monoisotopic (exact) mass is 579 g/mol. The van der Waals surface area contributed by atoms with Gasteiger partial charge in [0.25, 0.3) is 0 Å². The molecule has 0 spiro atoms. The third-order valence-corrected chi connectivity index (χ3v) is 7.98. The number of ether oxygens (including phenoxy) is 1. The second-order valence-corrected chi connectivity index (χ2v) is 13.3. The van der Waals surface area contributed by atoms with Gasteiger partial charge in [-0.25, -0.2) is 9.78 Å². The molecule has 7 nitrogen and oxygen atoms in total. The maximum Gasteiger partial charge on any atom is 0.335 e. The van der Waals surface area contributed by atoms with E-state index in [4.69, 9.17) is 9.72 Å². The van der Waals surface area contributed by atoms with Gasteiger partial charge in [-0.3, -0.25) is 9.59 Å². The van der Waals surface area contributed by atoms with Crippen LogP contribution in [0.1, 0.15) is 107 Å². The van der Waals surface area contributed by atoms with Gasteiger partial charge in [-0.2, -0.15) is 0 Å². The summed E-state index contributed by atoms with van der Waals surface area (Å²) in [6.07, 6.45) is 1.49. The number of nitrogens with zero attached hydrogens (tertiary/aromatic N) is 1. The molecule has 0 radical (unpaired) electrons. The Morgan fingerprint density at radius 1 is 0.860 bits per heavy atom. The number of phenols is 1. The number of carboxylic acids is 1. The summed E-state index contributed by atoms with van der Waals surface area (Å²) >= 11 is 0. The fourth-order valence-corrected chi connectivity index (χ4v) is 5.65. The van der Waals surface area contributed by atoms with Crippen molar-refractivity contribution in [2.24, 2.45) is 0 Å². The number of aromatic hydroxyl groups is 1. The van der Waals surface area contributed by atoms with Crippen molar-refractivity contribution < 1.29 is 29.3 Å². The zero-order valence-electron chi connectivity index (χ0n) is 25.4. The van der Waals surface area contributed by atoms with Crippen LogP contribution in [-0.4, -0.2) is 39.3 Å². The van der Waals surface area contributed by atoms with Crippen molar-refractivity contribution in [1.82, 2.24) is 4.98 Å². The molecule has 43 heavy (non-hydrogen) atoms. The number of carbonyl (C=O) groups excluding carboxylic acids is 2. The number of ketones is 2. The van der Waals surface area contributed by atoms with E-state index in [1.54, 1.807) is 6.07 Å². The number of hydrogen-bond donors (Lipinski definition) is 2. The molecule has 7 heteroatoms. The zero-order valence-corrected chi connectivity index (χ0v) is 25.4. The summed E-state index contributed by atoms with van der Waals surface area (Å²) in [4.78, 5) is 42.5. The van der Waals surface area contributed by atoms with Gasteiger partial charge in [-0.05, 0) is 70.7 Å². The van der Waals surface area contributed by atoms with Gasteiger partial charge in [-0.1, -0.05) is 71.9 Å². The Morgan fingerprint density at radius 2 is 1.51 bits per heavy atom. The van der Waals surface area contributed by atoms with Crippen molar-refractivity contribution in [2.45, 2.75) is 71.1 Å². The number of aromatic carboxylic acids is 1. The molecule has 1 heterocycles. The van der Waals surface area contributed by atoms with Crippen LogP contribution in [0, 0.1) is 0 Å². The third-order valence-electron chi connectivity index (χ3n) is 7.98. The molecular formula is C36H37NO6. The number of pyridine rings is 1. The van der Waals surface area contributed by atoms with E-state index in [1.807, 2.05) is 24.3 Å². The van der Waals surface area contributed by atoms with Crippen LogP contribution in [0.5, 0.6) is 11.5 Å². The first-order valence-electron chi connectivity index (χ1n) is 14.5. The number of rotatable bonds is 7. The Kier molecular flexibility index (Phi) is 7.63. The first-order valence-corrected chi connectivity index (χ1v) is 14.5. The number of benzene rings is 3. The lowest BCUT2D eigenvalue weighted by Crippen LogP contribution is -2.18. The fourth-order valence-electron chi connectivity index (χ4n) is 5.65. The van der Waals surface area contributed by atoms with Gasteiger partial charge >= 0.3 is 5.97 Å². The summed E-state index contributed by atoms with van der Waals surface area (Å²) in [6, 6.07) is 17.2. The van der Waals surface area contributed by atoms with Crippen molar-refractivity contribution in [3.63, 3.8) is 0 Å². The number of carbonyl (C=O) groups is 3. The van der Waals surface area contributed by atoms with E-state index >= 15 is 0 Å². The molecule has 2 N–H and O–H groups in total. The van der Waals surface area contributed by atoms with Crippen LogP contribution in [0.25, 0.3) is 10.9 Å². The van der Waals surface area contributed by atoms with Gasteiger partial charge in [0.05, 0.1) is 17.9 Å². The van der Waals surface area contributed by atoms with Gasteiger partial charge in [0.1, 0.15) is 22.9 Å². The standard InChI is InChI=1S/C36H37NO6/c1-35(2,3)25-17-20(18-26(33(25)40)36(4,5)6)9-8-16-43-28-11-7-10-21-13-15-27(37-30(21)28)29-31(38)23-14-12-22(34(41)42)19-24(23)32(29)39/h7,10-15,17-19,29,40H,8-9,16H2,1-6H3,(H,41,42). The lowest BCUT2D eigenvalue weighted by molar-refractivity contribution is 0.0696. The van der Waals surface area contributed by atoms with Crippen molar-refractivity contribution >= 4 is 28.4 Å². The SMILES string of the molecule is CC(C)(C)c1cc(CCCOc2cccc3ccc(C4C(=O)c5ccc(C(=O)O)cc5C4=O)nc23)cc(C(C)(C)C)c1O. The van der Waals surface area contributed by atoms with Gasteiger partial charge in [0.2, 0.25) is 0 Å². The van der Waals surface area contributed by atoms with Crippen LogP contribution in [0.4, 0.5) is 0 Å². The first-order chi connectivity index (χ1) is 20.2. The zero-order chi connectivity index (χ0) is 31.3. The second-order valence-electron chi connectivity index (χ2n) is 13.3. The van der Waals surface area contributed by atoms with E-state index in [0.717, 1.165) is 34.9 Å². The van der Waals surface area contributed by atoms with Crippen molar-refractivity contribution in [3.05, 3.63) is 99.7 Å². The molecule has 1 aliphatic rings. The summed E-state index contributed by atoms with van der Waals surface area (Å²) in [6.45, 7) is 13.0. The molecular weight excluding hydrogens is 542 g/mol. The van der Waals surface area contributed by atoms with Gasteiger partial charge in [0.15, 0.2) is 11.6 Å². The number of aryl methyl sites for hydroxylation is 1. The molecule has 3 aromatic carbocycles. The predicted molar refractivity (Wildman–Crippen MR) is 166 cm³/mol. The number of hydrogen-bond acceptors (Lipinski definition) is 6. The largest absolute Gasteiger partial charge is 0.507 e. The molecule has 0 bridgehead atoms. The second kappa shape index (κ2) is 11.0. The normalized spacial score (nSPS) is 15.2. The number of Topliss-reactive ketones (excluding diaryl/α,β-unsaturated/α-hetero) is 2. The Balaban J connectivity index is 1.36. The summed E-state index contributed by atoms with van der Waals surface area (Å²) in [5, 5.41) is 21.2. The average Bonchev–Trinajstić information content (AvgIpc) is 3.19. The number of phenolic OH excluding ortho intramolecular Hbond substituents is 1. The number of fused-ring (bicyclic) bond motifs is 2. The minimum atomic E-state index is -1.16. The molecule has 0 saturated heterocycles. The maximum atomic E-state index is 13.2. The topological polar surface area (TPSA) is 114 Å². The van der Waals surface area contributed by atoms with Crippen LogP contribution < -0.4 is 4.74 Å². The molecule has 4 aromatic rings. The molecule has 1 unspecified atom stereocenters. The van der Waals surface area contributed by atoms with E-state index in [1.165, 1.54) is 18.2 Å². The van der Waals surface area contributed by atoms with Crippen LogP contribution in [0.15, 0.2) is 60.7 Å². The van der Waals surface area contributed by atoms with E-state index in [9.17, 15) is 24.6 Å². The van der Waals surface area contributed by atoms with E-state index in [2.05, 4.69) is 53.7 Å². The highest BCUT2D eigenvalue weighted by Gasteiger charge is 2.41. The highest BCUT2D eigenvalue weighted by Crippen LogP contribution is 2.40. The molecule has 0 amide bonds. The first kappa shape index (κ1) is 30.0. The van der Waals surface area contributed by atoms with Crippen LogP contribution in [0.2, 0.25) is 0 Å². The predicted octanol–water partition coefficient (Wildman–Crippen LogP) is 7.41. The number of carboxylic acid groups (broad SMARTS) is 1. The Morgan fingerprint density at radius 3 is 2.14 bits per heavy atom. The Bertz CT molecular complexity index is 1740. The summed E-state index contributed by atoms with van der Waals surface area (Å²) in [7, 11) is 0. The molecule has 222 valence electrons. The number of aromatic nitrogens is 1. The average molecular weight is 580 g/mol. The maximum absolute atomic E-state index is 13.2. The highest BCUT2D eigenvalue weighted by atomic mass is 16.5. The quantitative estimate of drug-likeness (QED) is 0.173. The highest BCUT2D eigenvalue weighted by molar-refractivity contribution is 6.30. The molecule has 0 aliphatic heterocycles. The third kappa shape index (κ3) is 5.76. The van der Waals surface area contributed by atoms with Gasteiger partial charge in [0, 0.05) is 16.5 Å². The van der Waals surface area contributed by atoms with Crippen LogP contribution in [-0.2, 0) is 17.3 Å². The smallest absolute Gasteiger partial charge is 0.335 e. The minimum absolute atomic E-state index is 0.0423. The fraction of sp³-hybridized carbons (Fsp3) is 0.333. The summed E-state index contributed by atoms with van der Waals surface area (Å²) < 4.78 is 6.19. The summed E-state index contributed by atoms with van der Waals surface area (Å²) in [5.74, 6) is -2.21. The van der Waals surface area contributed by atoms with Crippen molar-refractivity contribution in [2.75, 3.05) is 6.61 Å². The molecule has 1 atom stereocenters. The van der Waals surface area contributed by atoms with Crippen molar-refractivity contribution in [1.29, 1.82) is 0 Å². The van der Waals surface area contributed by atoms with E-state index < -0.39 is 17.7 Å². The number of para-hydroxylation sites is 1. The van der Waals surface area contributed by atoms with Crippen molar-refractivity contribution in [3.8, 4) is 11.5 Å². The molecule has 1 aromatic heterocycles. The Labute approximate surface area is 251 Å². The lowest BCUT2D eigenvalue weighted by Gasteiger charge is -2.28. The minimum Gasteiger partial charge on any atom is -0.507 e. The van der Waals surface area contributed by atoms with Gasteiger partial charge in [-0.15, -0.1) is 0 Å². The molecule has 5 rings (SSSR count). The van der Waals surface area contributed by atoms with Crippen LogP contribution in [0.3, 0.4) is 0 Å². The molecule has 0 saturated carbocycles. The van der Waals surface area contributed by atoms with Gasteiger partial charge < -0.3 is 14.9 Å². The van der Waals surface area contributed by atoms with E-state index in [-0.39, 0.29) is 33.3 Å².